The second-order valence-corrected chi connectivity index (χ2v) is 16.3. The van der Waals surface area contributed by atoms with E-state index in [1.165, 1.54) is 40.8 Å². The van der Waals surface area contributed by atoms with Crippen LogP contribution in [0.2, 0.25) is 5.02 Å². The van der Waals surface area contributed by atoms with Gasteiger partial charge < -0.3 is 19.9 Å². The molecule has 1 saturated carbocycles. The number of piperidine rings is 1. The maximum Gasteiger partial charge on any atom is 0.329 e. The topological polar surface area (TPSA) is 83.9 Å². The van der Waals surface area contributed by atoms with Gasteiger partial charge in [0.05, 0.1) is 12.7 Å². The highest BCUT2D eigenvalue weighted by Gasteiger charge is 2.54. The fourth-order valence-electron chi connectivity index (χ4n) is 9.80. The van der Waals surface area contributed by atoms with Crippen molar-refractivity contribution < 1.29 is 19.4 Å². The lowest BCUT2D eigenvalue weighted by molar-refractivity contribution is -0.144. The van der Waals surface area contributed by atoms with Gasteiger partial charge in [0.25, 0.3) is 0 Å². The van der Waals surface area contributed by atoms with Gasteiger partial charge in [-0.05, 0) is 135 Å². The van der Waals surface area contributed by atoms with Crippen molar-refractivity contribution in [3.63, 3.8) is 0 Å². The van der Waals surface area contributed by atoms with Gasteiger partial charge in [-0.25, -0.2) is 4.79 Å². The molecule has 1 saturated heterocycles. The van der Waals surface area contributed by atoms with Gasteiger partial charge in [-0.3, -0.25) is 9.88 Å². The van der Waals surface area contributed by atoms with E-state index in [9.17, 15) is 9.90 Å². The molecule has 3 aliphatic carbocycles. The lowest BCUT2D eigenvalue weighted by Crippen LogP contribution is -2.53. The highest BCUT2D eigenvalue weighted by Crippen LogP contribution is 2.56. The highest BCUT2D eigenvalue weighted by atomic mass is 35.5. The minimum absolute atomic E-state index is 0.0675. The van der Waals surface area contributed by atoms with Crippen LogP contribution in [-0.2, 0) is 34.3 Å². The Kier molecular flexibility index (Phi) is 10.5. The molecule has 0 amide bonds. The molecule has 4 aliphatic rings. The van der Waals surface area contributed by atoms with E-state index in [1.807, 2.05) is 37.6 Å². The number of hydrogen-bond donors (Lipinski definition) is 2. The number of likely N-dealkylation sites (tertiary alicyclic amines) is 1. The third-order valence-electron chi connectivity index (χ3n) is 12.6. The van der Waals surface area contributed by atoms with Gasteiger partial charge >= 0.3 is 5.97 Å². The second kappa shape index (κ2) is 14.8. The molecule has 1 unspecified atom stereocenters. The Bertz CT molecular complexity index is 1660. The molecule has 8 heteroatoms. The number of hydrogen-bond acceptors (Lipinski definition) is 6. The normalized spacial score (nSPS) is 27.4. The first-order chi connectivity index (χ1) is 24.2. The zero-order valence-electron chi connectivity index (χ0n) is 30.1. The van der Waals surface area contributed by atoms with Crippen LogP contribution < -0.4 is 10.1 Å². The van der Waals surface area contributed by atoms with Crippen molar-refractivity contribution >= 4 is 23.3 Å². The highest BCUT2D eigenvalue weighted by molar-refractivity contribution is 6.30. The molecule has 2 N–H and O–H groups in total. The molecule has 7 nitrogen and oxygen atoms in total. The number of aromatic nitrogens is 1. The summed E-state index contributed by atoms with van der Waals surface area (Å²) in [6, 6.07) is 16.7. The Balaban J connectivity index is 1.12. The number of carboxylic acids is 1. The number of rotatable bonds is 11. The van der Waals surface area contributed by atoms with Crippen LogP contribution in [0.25, 0.3) is 0 Å². The van der Waals surface area contributed by atoms with Crippen LogP contribution >= 0.6 is 11.6 Å². The molecule has 3 atom stereocenters. The van der Waals surface area contributed by atoms with Crippen molar-refractivity contribution in [1.82, 2.24) is 9.88 Å². The predicted molar refractivity (Wildman–Crippen MR) is 199 cm³/mol. The fraction of sp³-hybridized carbons (Fsp3) is 0.571. The number of benzene rings is 2. The van der Waals surface area contributed by atoms with Gasteiger partial charge in [0.2, 0.25) is 0 Å². The number of nitrogens with zero attached hydrogens (tertiary/aromatic N) is 2. The van der Waals surface area contributed by atoms with Crippen molar-refractivity contribution in [2.24, 2.45) is 11.8 Å². The molecule has 268 valence electrons. The van der Waals surface area contributed by atoms with Crippen LogP contribution in [0.3, 0.4) is 0 Å². The van der Waals surface area contributed by atoms with Crippen LogP contribution in [0.4, 0.5) is 5.69 Å². The first-order valence-corrected chi connectivity index (χ1v) is 19.3. The van der Waals surface area contributed by atoms with Gasteiger partial charge in [0, 0.05) is 54.9 Å². The van der Waals surface area contributed by atoms with E-state index in [2.05, 4.69) is 53.3 Å². The average Bonchev–Trinajstić information content (AvgIpc) is 3.40. The van der Waals surface area contributed by atoms with Crippen LogP contribution in [0.15, 0.2) is 54.7 Å². The number of ether oxygens (including phenoxy) is 2. The summed E-state index contributed by atoms with van der Waals surface area (Å²) < 4.78 is 12.2. The Morgan fingerprint density at radius 3 is 2.64 bits per heavy atom. The van der Waals surface area contributed by atoms with Crippen LogP contribution in [0, 0.1) is 11.8 Å². The number of carbonyl (C=O) groups is 1. The van der Waals surface area contributed by atoms with Crippen molar-refractivity contribution in [2.45, 2.75) is 114 Å². The number of aryl methyl sites for hydroxylation is 1. The van der Waals surface area contributed by atoms with Crippen molar-refractivity contribution in [2.75, 3.05) is 32.1 Å². The zero-order chi connectivity index (χ0) is 34.9. The van der Waals surface area contributed by atoms with Crippen molar-refractivity contribution in [1.29, 1.82) is 0 Å². The molecule has 1 spiro atoms. The summed E-state index contributed by atoms with van der Waals surface area (Å²) in [5.74, 6) is 1.47. The van der Waals surface area contributed by atoms with Crippen LogP contribution in [-0.4, -0.2) is 59.4 Å². The average molecular weight is 700 g/mol. The lowest BCUT2D eigenvalue weighted by Gasteiger charge is -2.47. The van der Waals surface area contributed by atoms with E-state index >= 15 is 0 Å². The SMILES string of the molecule is COC1CCN(Cc2ccc3c(c2)C2(CCC(Nc4cccc(Cl)c4)(C(=O)O)CC2)C(C[C@@H](C)COc2ccnc4c2[C@H](C)CCC4)C3)CC1. The van der Waals surface area contributed by atoms with E-state index in [-0.39, 0.29) is 5.41 Å². The van der Waals surface area contributed by atoms with E-state index in [0.717, 1.165) is 76.0 Å². The fourth-order valence-corrected chi connectivity index (χ4v) is 9.99. The molecule has 2 fully saturated rings. The molecule has 0 radical (unpaired) electrons. The summed E-state index contributed by atoms with van der Waals surface area (Å²) in [4.78, 5) is 20.2. The molecule has 0 bridgehead atoms. The van der Waals surface area contributed by atoms with Gasteiger partial charge in [0.1, 0.15) is 11.3 Å². The largest absolute Gasteiger partial charge is 0.493 e. The minimum atomic E-state index is -1.03. The molecule has 50 heavy (non-hydrogen) atoms. The molecule has 2 heterocycles. The third-order valence-corrected chi connectivity index (χ3v) is 12.9. The number of carboxylic acid groups (broad SMARTS) is 1. The molecule has 1 aliphatic heterocycles. The maximum atomic E-state index is 13.0. The summed E-state index contributed by atoms with van der Waals surface area (Å²) in [5, 5.41) is 14.7. The van der Waals surface area contributed by atoms with Gasteiger partial charge in [-0.15, -0.1) is 0 Å². The number of nitrogens with one attached hydrogen (secondary N) is 1. The Morgan fingerprint density at radius 1 is 1.10 bits per heavy atom. The van der Waals surface area contributed by atoms with E-state index in [0.29, 0.717) is 48.3 Å². The Labute approximate surface area is 303 Å². The number of anilines is 1. The van der Waals surface area contributed by atoms with E-state index < -0.39 is 11.5 Å². The summed E-state index contributed by atoms with van der Waals surface area (Å²) in [5.41, 5.74) is 6.43. The summed E-state index contributed by atoms with van der Waals surface area (Å²) in [6.45, 7) is 8.34. The smallest absolute Gasteiger partial charge is 0.329 e. The van der Waals surface area contributed by atoms with Crippen LogP contribution in [0.5, 0.6) is 5.75 Å². The number of fused-ring (bicyclic) bond motifs is 3. The van der Waals surface area contributed by atoms with E-state index in [1.54, 1.807) is 0 Å². The van der Waals surface area contributed by atoms with Crippen LogP contribution in [0.1, 0.15) is 106 Å². The molecule has 1 aromatic heterocycles. The lowest BCUT2D eigenvalue weighted by atomic mass is 9.59. The van der Waals surface area contributed by atoms with Crippen molar-refractivity contribution in [3.8, 4) is 5.75 Å². The summed E-state index contributed by atoms with van der Waals surface area (Å²) in [6.07, 6.45) is 12.7. The van der Waals surface area contributed by atoms with Crippen molar-refractivity contribution in [3.05, 3.63) is 87.7 Å². The zero-order valence-corrected chi connectivity index (χ0v) is 30.8. The third kappa shape index (κ3) is 7.15. The molecular formula is C42H54ClN3O4. The monoisotopic (exact) mass is 699 g/mol. The minimum Gasteiger partial charge on any atom is -0.493 e. The van der Waals surface area contributed by atoms with Gasteiger partial charge in [-0.1, -0.05) is 49.7 Å². The Morgan fingerprint density at radius 2 is 1.90 bits per heavy atom. The summed E-state index contributed by atoms with van der Waals surface area (Å²) >= 11 is 6.31. The molecule has 7 rings (SSSR count). The quantitative estimate of drug-likeness (QED) is 0.207. The number of pyridine rings is 1. The van der Waals surface area contributed by atoms with Gasteiger partial charge in [-0.2, -0.15) is 0 Å². The molecular weight excluding hydrogens is 646 g/mol. The number of aliphatic carboxylic acids is 1. The first-order valence-electron chi connectivity index (χ1n) is 18.9. The molecule has 2 aromatic carbocycles. The molecule has 3 aromatic rings. The number of halogens is 1. The predicted octanol–water partition coefficient (Wildman–Crippen LogP) is 8.81. The van der Waals surface area contributed by atoms with E-state index in [4.69, 9.17) is 21.1 Å². The Hall–Kier alpha value is -3.13. The standard InChI is InChI=1S/C42H54ClN3O4/c1-28(27-50-38-12-19-44-37-9-4-6-29(2)39(37)38)22-32-24-31-11-10-30(26-46-20-13-35(49-3)14-21-46)23-36(31)41(32)15-17-42(18-16-41,40(47)48)45-34-8-5-7-33(43)25-34/h5,7-8,10-12,19,23,25,28-29,32,35,45H,4,6,9,13-18,20-22,24,26-27H2,1-3H3,(H,47,48)/t28-,29-,32?,41?,42?/m1/s1. The number of methoxy groups -OCH3 is 1. The summed E-state index contributed by atoms with van der Waals surface area (Å²) in [7, 11) is 1.82. The maximum absolute atomic E-state index is 13.0. The van der Waals surface area contributed by atoms with Gasteiger partial charge in [0.15, 0.2) is 0 Å². The first kappa shape index (κ1) is 35.3. The second-order valence-electron chi connectivity index (χ2n) is 15.9.